The SMILES string of the molecule is N#Cc1ccc2nc3ccccc3n2c1. The summed E-state index contributed by atoms with van der Waals surface area (Å²) in [6, 6.07) is 13.7. The van der Waals surface area contributed by atoms with Crippen LogP contribution in [0.1, 0.15) is 5.56 Å². The van der Waals surface area contributed by atoms with Gasteiger partial charge in [0.2, 0.25) is 0 Å². The van der Waals surface area contributed by atoms with Crippen molar-refractivity contribution in [1.29, 1.82) is 5.26 Å². The van der Waals surface area contributed by atoms with E-state index in [9.17, 15) is 0 Å². The number of hydrogen-bond donors (Lipinski definition) is 0. The smallest absolute Gasteiger partial charge is 0.137 e. The van der Waals surface area contributed by atoms with Gasteiger partial charge in [0.25, 0.3) is 0 Å². The first-order valence-electron chi connectivity index (χ1n) is 4.65. The van der Waals surface area contributed by atoms with E-state index in [2.05, 4.69) is 11.1 Å². The zero-order valence-corrected chi connectivity index (χ0v) is 7.88. The van der Waals surface area contributed by atoms with Crippen molar-refractivity contribution in [1.82, 2.24) is 9.38 Å². The molecule has 0 aliphatic heterocycles. The fraction of sp³-hybridized carbons (Fsp3) is 0. The summed E-state index contributed by atoms with van der Waals surface area (Å²) in [6.07, 6.45) is 1.81. The average molecular weight is 193 g/mol. The maximum absolute atomic E-state index is 8.82. The highest BCUT2D eigenvalue weighted by Crippen LogP contribution is 2.16. The second-order valence-electron chi connectivity index (χ2n) is 3.36. The van der Waals surface area contributed by atoms with E-state index in [1.54, 1.807) is 6.07 Å². The van der Waals surface area contributed by atoms with E-state index >= 15 is 0 Å². The first-order valence-corrected chi connectivity index (χ1v) is 4.65. The quantitative estimate of drug-likeness (QED) is 0.550. The van der Waals surface area contributed by atoms with Gasteiger partial charge in [0.1, 0.15) is 11.7 Å². The van der Waals surface area contributed by atoms with Crippen LogP contribution in [0.2, 0.25) is 0 Å². The lowest BCUT2D eigenvalue weighted by molar-refractivity contribution is 1.21. The molecule has 2 heterocycles. The largest absolute Gasteiger partial charge is 0.298 e. The highest BCUT2D eigenvalue weighted by atomic mass is 15.0. The third-order valence-electron chi connectivity index (χ3n) is 2.43. The van der Waals surface area contributed by atoms with Crippen LogP contribution in [0.3, 0.4) is 0 Å². The molecular formula is C12H7N3. The van der Waals surface area contributed by atoms with Crippen molar-refractivity contribution in [2.45, 2.75) is 0 Å². The molecule has 3 nitrogen and oxygen atoms in total. The number of fused-ring (bicyclic) bond motifs is 3. The van der Waals surface area contributed by atoms with Crippen molar-refractivity contribution >= 4 is 16.7 Å². The van der Waals surface area contributed by atoms with E-state index in [1.165, 1.54) is 0 Å². The van der Waals surface area contributed by atoms with Crippen LogP contribution in [0, 0.1) is 11.3 Å². The lowest BCUT2D eigenvalue weighted by Crippen LogP contribution is -1.85. The van der Waals surface area contributed by atoms with Gasteiger partial charge in [-0.3, -0.25) is 4.40 Å². The number of nitriles is 1. The Kier molecular flexibility index (Phi) is 1.51. The normalized spacial score (nSPS) is 10.6. The molecule has 0 radical (unpaired) electrons. The number of aromatic nitrogens is 2. The van der Waals surface area contributed by atoms with Crippen LogP contribution in [0.5, 0.6) is 0 Å². The van der Waals surface area contributed by atoms with Gasteiger partial charge < -0.3 is 0 Å². The highest BCUT2D eigenvalue weighted by Gasteiger charge is 2.03. The third kappa shape index (κ3) is 1.09. The van der Waals surface area contributed by atoms with Crippen LogP contribution in [0.25, 0.3) is 16.7 Å². The van der Waals surface area contributed by atoms with Crippen molar-refractivity contribution in [3.8, 4) is 6.07 Å². The zero-order chi connectivity index (χ0) is 10.3. The molecule has 0 aliphatic carbocycles. The lowest BCUT2D eigenvalue weighted by Gasteiger charge is -1.94. The van der Waals surface area contributed by atoms with Gasteiger partial charge in [-0.05, 0) is 24.3 Å². The maximum atomic E-state index is 8.82. The Balaban J connectivity index is 2.53. The van der Waals surface area contributed by atoms with Gasteiger partial charge in [-0.25, -0.2) is 4.98 Å². The van der Waals surface area contributed by atoms with Gasteiger partial charge in [0, 0.05) is 6.20 Å². The van der Waals surface area contributed by atoms with Crippen LogP contribution < -0.4 is 0 Å². The predicted molar refractivity (Wildman–Crippen MR) is 57.4 cm³/mol. The monoisotopic (exact) mass is 193 g/mol. The average Bonchev–Trinajstić information content (AvgIpc) is 2.66. The van der Waals surface area contributed by atoms with E-state index in [0.717, 1.165) is 16.7 Å². The summed E-state index contributed by atoms with van der Waals surface area (Å²) >= 11 is 0. The molecule has 0 saturated carbocycles. The molecule has 70 valence electrons. The number of para-hydroxylation sites is 2. The van der Waals surface area contributed by atoms with Crippen molar-refractivity contribution in [3.05, 3.63) is 48.2 Å². The van der Waals surface area contributed by atoms with Crippen LogP contribution in [0.4, 0.5) is 0 Å². The number of pyridine rings is 1. The van der Waals surface area contributed by atoms with E-state index in [0.29, 0.717) is 5.56 Å². The molecule has 0 atom stereocenters. The van der Waals surface area contributed by atoms with E-state index in [-0.39, 0.29) is 0 Å². The number of benzene rings is 1. The minimum Gasteiger partial charge on any atom is -0.298 e. The molecule has 3 aromatic rings. The van der Waals surface area contributed by atoms with Crippen LogP contribution >= 0.6 is 0 Å². The van der Waals surface area contributed by atoms with Crippen molar-refractivity contribution in [2.75, 3.05) is 0 Å². The van der Waals surface area contributed by atoms with Gasteiger partial charge in [-0.2, -0.15) is 5.26 Å². The third-order valence-corrected chi connectivity index (χ3v) is 2.43. The summed E-state index contributed by atoms with van der Waals surface area (Å²) in [5.41, 5.74) is 3.50. The second kappa shape index (κ2) is 2.82. The Labute approximate surface area is 86.2 Å². The first kappa shape index (κ1) is 8.01. The summed E-state index contributed by atoms with van der Waals surface area (Å²) in [7, 11) is 0. The van der Waals surface area contributed by atoms with Gasteiger partial charge >= 0.3 is 0 Å². The topological polar surface area (TPSA) is 41.1 Å². The Morgan fingerprint density at radius 2 is 2.00 bits per heavy atom. The molecule has 3 heteroatoms. The summed E-state index contributed by atoms with van der Waals surface area (Å²) in [6.45, 7) is 0. The number of hydrogen-bond acceptors (Lipinski definition) is 2. The fourth-order valence-electron chi connectivity index (χ4n) is 1.73. The number of imidazole rings is 1. The minimum atomic E-state index is 0.644. The van der Waals surface area contributed by atoms with Crippen LogP contribution in [-0.2, 0) is 0 Å². The lowest BCUT2D eigenvalue weighted by atomic mass is 10.3. The molecular weight excluding hydrogens is 186 g/mol. The van der Waals surface area contributed by atoms with Crippen LogP contribution in [0.15, 0.2) is 42.6 Å². The molecule has 3 rings (SSSR count). The summed E-state index contributed by atoms with van der Waals surface area (Å²) in [5.74, 6) is 0. The molecule has 0 bridgehead atoms. The molecule has 0 unspecified atom stereocenters. The number of nitrogens with zero attached hydrogens (tertiary/aromatic N) is 3. The minimum absolute atomic E-state index is 0.644. The van der Waals surface area contributed by atoms with Crippen LogP contribution in [-0.4, -0.2) is 9.38 Å². The van der Waals surface area contributed by atoms with E-state index < -0.39 is 0 Å². The molecule has 0 spiro atoms. The molecule has 0 saturated heterocycles. The van der Waals surface area contributed by atoms with Gasteiger partial charge in [-0.15, -0.1) is 0 Å². The van der Waals surface area contributed by atoms with E-state index in [1.807, 2.05) is 40.9 Å². The molecule has 2 aromatic heterocycles. The molecule has 1 aromatic carbocycles. The standard InChI is InChI=1S/C12H7N3/c13-7-9-5-6-12-14-10-3-1-2-4-11(10)15(12)8-9/h1-6,8H. The van der Waals surface area contributed by atoms with E-state index in [4.69, 9.17) is 5.26 Å². The Morgan fingerprint density at radius 3 is 2.87 bits per heavy atom. The molecule has 0 amide bonds. The van der Waals surface area contributed by atoms with Crippen molar-refractivity contribution < 1.29 is 0 Å². The summed E-state index contributed by atoms with van der Waals surface area (Å²) < 4.78 is 1.94. The Bertz CT molecular complexity index is 689. The Morgan fingerprint density at radius 1 is 1.13 bits per heavy atom. The maximum Gasteiger partial charge on any atom is 0.137 e. The second-order valence-corrected chi connectivity index (χ2v) is 3.36. The fourth-order valence-corrected chi connectivity index (χ4v) is 1.73. The number of rotatable bonds is 0. The summed E-state index contributed by atoms with van der Waals surface area (Å²) in [4.78, 5) is 4.44. The molecule has 15 heavy (non-hydrogen) atoms. The Hall–Kier alpha value is -2.34. The molecule has 0 N–H and O–H groups in total. The first-order chi connectivity index (χ1) is 7.38. The summed E-state index contributed by atoms with van der Waals surface area (Å²) in [5, 5.41) is 8.82. The van der Waals surface area contributed by atoms with Gasteiger partial charge in [0.05, 0.1) is 16.6 Å². The molecule has 0 aliphatic rings. The molecule has 0 fully saturated rings. The van der Waals surface area contributed by atoms with Crippen molar-refractivity contribution in [2.24, 2.45) is 0 Å². The van der Waals surface area contributed by atoms with Crippen molar-refractivity contribution in [3.63, 3.8) is 0 Å². The zero-order valence-electron chi connectivity index (χ0n) is 7.88. The predicted octanol–water partition coefficient (Wildman–Crippen LogP) is 2.36. The highest BCUT2D eigenvalue weighted by molar-refractivity contribution is 5.80. The van der Waals surface area contributed by atoms with Gasteiger partial charge in [0.15, 0.2) is 0 Å². The van der Waals surface area contributed by atoms with Gasteiger partial charge in [-0.1, -0.05) is 12.1 Å².